The molecule has 0 spiro atoms. The van der Waals surface area contributed by atoms with Gasteiger partial charge in [0.05, 0.1) is 18.8 Å². The van der Waals surface area contributed by atoms with Crippen LogP contribution in [0.1, 0.15) is 68.2 Å². The van der Waals surface area contributed by atoms with Gasteiger partial charge in [-0.25, -0.2) is 0 Å². The van der Waals surface area contributed by atoms with Crippen LogP contribution in [0.4, 0.5) is 0 Å². The van der Waals surface area contributed by atoms with Crippen LogP contribution in [-0.4, -0.2) is 19.3 Å². The van der Waals surface area contributed by atoms with Crippen molar-refractivity contribution in [1.82, 2.24) is 5.32 Å². The lowest BCUT2D eigenvalue weighted by Crippen LogP contribution is -2.29. The molecule has 1 aromatic rings. The zero-order chi connectivity index (χ0) is 15.1. The molecule has 0 heterocycles. The van der Waals surface area contributed by atoms with E-state index in [1.54, 1.807) is 0 Å². The summed E-state index contributed by atoms with van der Waals surface area (Å²) in [6.45, 7) is 8.43. The SMILES string of the molecule is CCCNC(COC1CCCCC1)c1ccc(C)cc1C. The van der Waals surface area contributed by atoms with Gasteiger partial charge in [-0.2, -0.15) is 0 Å². The van der Waals surface area contributed by atoms with Gasteiger partial charge in [-0.05, 0) is 50.8 Å². The zero-order valence-electron chi connectivity index (χ0n) is 14.0. The summed E-state index contributed by atoms with van der Waals surface area (Å²) in [5, 5.41) is 3.66. The lowest BCUT2D eigenvalue weighted by Gasteiger charge is -2.27. The molecule has 0 saturated heterocycles. The topological polar surface area (TPSA) is 21.3 Å². The third kappa shape index (κ3) is 5.12. The molecule has 0 amide bonds. The van der Waals surface area contributed by atoms with E-state index in [-0.39, 0.29) is 0 Å². The zero-order valence-corrected chi connectivity index (χ0v) is 14.0. The summed E-state index contributed by atoms with van der Waals surface area (Å²) >= 11 is 0. The third-order valence-corrected chi connectivity index (χ3v) is 4.49. The number of benzene rings is 1. The molecule has 2 nitrogen and oxygen atoms in total. The third-order valence-electron chi connectivity index (χ3n) is 4.49. The molecule has 1 saturated carbocycles. The summed E-state index contributed by atoms with van der Waals surface area (Å²) in [4.78, 5) is 0. The van der Waals surface area contributed by atoms with Gasteiger partial charge in [-0.15, -0.1) is 0 Å². The Morgan fingerprint density at radius 2 is 1.95 bits per heavy atom. The van der Waals surface area contributed by atoms with Crippen molar-refractivity contribution in [3.8, 4) is 0 Å². The Kier molecular flexibility index (Phi) is 6.72. The first-order chi connectivity index (χ1) is 10.2. The monoisotopic (exact) mass is 289 g/mol. The van der Waals surface area contributed by atoms with E-state index in [1.165, 1.54) is 48.8 Å². The predicted octanol–water partition coefficient (Wildman–Crippen LogP) is 4.69. The predicted molar refractivity (Wildman–Crippen MR) is 89.8 cm³/mol. The van der Waals surface area contributed by atoms with Crippen molar-refractivity contribution in [2.24, 2.45) is 0 Å². The molecular weight excluding hydrogens is 258 g/mol. The summed E-state index contributed by atoms with van der Waals surface area (Å²) in [6.07, 6.45) is 8.18. The van der Waals surface area contributed by atoms with Crippen molar-refractivity contribution in [2.75, 3.05) is 13.2 Å². The molecule has 0 aromatic heterocycles. The van der Waals surface area contributed by atoms with Crippen molar-refractivity contribution < 1.29 is 4.74 Å². The van der Waals surface area contributed by atoms with E-state index in [0.29, 0.717) is 12.1 Å². The lowest BCUT2D eigenvalue weighted by molar-refractivity contribution is 0.0155. The molecule has 21 heavy (non-hydrogen) atoms. The Balaban J connectivity index is 1.99. The van der Waals surface area contributed by atoms with Crippen molar-refractivity contribution in [2.45, 2.75) is 71.4 Å². The lowest BCUT2D eigenvalue weighted by atomic mass is 9.97. The maximum Gasteiger partial charge on any atom is 0.0665 e. The van der Waals surface area contributed by atoms with E-state index in [9.17, 15) is 0 Å². The van der Waals surface area contributed by atoms with E-state index in [4.69, 9.17) is 4.74 Å². The number of aryl methyl sites for hydroxylation is 2. The molecule has 1 fully saturated rings. The maximum atomic E-state index is 6.22. The Bertz CT molecular complexity index is 424. The second-order valence-electron chi connectivity index (χ2n) is 6.46. The molecular formula is C19H31NO. The summed E-state index contributed by atoms with van der Waals surface area (Å²) < 4.78 is 6.22. The van der Waals surface area contributed by atoms with Crippen molar-refractivity contribution in [1.29, 1.82) is 0 Å². The Hall–Kier alpha value is -0.860. The van der Waals surface area contributed by atoms with E-state index >= 15 is 0 Å². The first-order valence-corrected chi connectivity index (χ1v) is 8.63. The first-order valence-electron chi connectivity index (χ1n) is 8.63. The fourth-order valence-corrected chi connectivity index (χ4v) is 3.26. The van der Waals surface area contributed by atoms with E-state index in [0.717, 1.165) is 19.6 Å². The normalized spacial score (nSPS) is 17.9. The average molecular weight is 289 g/mol. The highest BCUT2D eigenvalue weighted by molar-refractivity contribution is 5.32. The smallest absolute Gasteiger partial charge is 0.0665 e. The molecule has 0 aliphatic heterocycles. The van der Waals surface area contributed by atoms with Gasteiger partial charge < -0.3 is 10.1 Å². The van der Waals surface area contributed by atoms with Crippen molar-refractivity contribution in [3.63, 3.8) is 0 Å². The van der Waals surface area contributed by atoms with Gasteiger partial charge in [-0.1, -0.05) is 49.9 Å². The summed E-state index contributed by atoms with van der Waals surface area (Å²) in [7, 11) is 0. The molecule has 1 aliphatic rings. The van der Waals surface area contributed by atoms with Gasteiger partial charge in [-0.3, -0.25) is 0 Å². The molecule has 1 aromatic carbocycles. The second-order valence-corrected chi connectivity index (χ2v) is 6.46. The maximum absolute atomic E-state index is 6.22. The fourth-order valence-electron chi connectivity index (χ4n) is 3.26. The summed E-state index contributed by atoms with van der Waals surface area (Å²) in [5.74, 6) is 0. The Labute approximate surface area is 130 Å². The van der Waals surface area contributed by atoms with Crippen molar-refractivity contribution >= 4 is 0 Å². The van der Waals surface area contributed by atoms with Gasteiger partial charge in [0.2, 0.25) is 0 Å². The van der Waals surface area contributed by atoms with Crippen LogP contribution >= 0.6 is 0 Å². The molecule has 118 valence electrons. The number of nitrogens with one attached hydrogen (secondary N) is 1. The number of hydrogen-bond donors (Lipinski definition) is 1. The molecule has 0 bridgehead atoms. The van der Waals surface area contributed by atoms with Crippen LogP contribution in [0, 0.1) is 13.8 Å². The summed E-state index contributed by atoms with van der Waals surface area (Å²) in [5.41, 5.74) is 4.10. The molecule has 2 heteroatoms. The minimum Gasteiger partial charge on any atom is -0.376 e. The van der Waals surface area contributed by atoms with Crippen molar-refractivity contribution in [3.05, 3.63) is 34.9 Å². The quantitative estimate of drug-likeness (QED) is 0.786. The highest BCUT2D eigenvalue weighted by atomic mass is 16.5. The Morgan fingerprint density at radius 3 is 2.62 bits per heavy atom. The van der Waals surface area contributed by atoms with E-state index in [2.05, 4.69) is 44.3 Å². The molecule has 1 unspecified atom stereocenters. The highest BCUT2D eigenvalue weighted by Crippen LogP contribution is 2.24. The van der Waals surface area contributed by atoms with Crippen LogP contribution in [-0.2, 0) is 4.74 Å². The average Bonchev–Trinajstić information content (AvgIpc) is 2.49. The van der Waals surface area contributed by atoms with Crippen LogP contribution in [0.3, 0.4) is 0 Å². The van der Waals surface area contributed by atoms with Crippen LogP contribution in [0.25, 0.3) is 0 Å². The molecule has 1 atom stereocenters. The van der Waals surface area contributed by atoms with Gasteiger partial charge >= 0.3 is 0 Å². The van der Waals surface area contributed by atoms with Crippen LogP contribution in [0.5, 0.6) is 0 Å². The van der Waals surface area contributed by atoms with E-state index in [1.807, 2.05) is 0 Å². The molecule has 1 N–H and O–H groups in total. The molecule has 1 aliphatic carbocycles. The van der Waals surface area contributed by atoms with Crippen LogP contribution < -0.4 is 5.32 Å². The van der Waals surface area contributed by atoms with Gasteiger partial charge in [0.1, 0.15) is 0 Å². The largest absolute Gasteiger partial charge is 0.376 e. The minimum atomic E-state index is 0.326. The van der Waals surface area contributed by atoms with Crippen LogP contribution in [0.2, 0.25) is 0 Å². The molecule has 2 rings (SSSR count). The van der Waals surface area contributed by atoms with Gasteiger partial charge in [0.25, 0.3) is 0 Å². The molecule has 0 radical (unpaired) electrons. The van der Waals surface area contributed by atoms with E-state index < -0.39 is 0 Å². The van der Waals surface area contributed by atoms with Gasteiger partial charge in [0, 0.05) is 0 Å². The highest BCUT2D eigenvalue weighted by Gasteiger charge is 2.18. The first kappa shape index (κ1) is 16.5. The second kappa shape index (κ2) is 8.55. The minimum absolute atomic E-state index is 0.326. The number of rotatable bonds is 7. The summed E-state index contributed by atoms with van der Waals surface area (Å²) in [6, 6.07) is 7.08. The number of hydrogen-bond acceptors (Lipinski definition) is 2. The number of ether oxygens (including phenoxy) is 1. The van der Waals surface area contributed by atoms with Crippen LogP contribution in [0.15, 0.2) is 18.2 Å². The standard InChI is InChI=1S/C19H31NO/c1-4-12-20-19(14-21-17-8-6-5-7-9-17)18-11-10-15(2)13-16(18)3/h10-11,13,17,19-20H,4-9,12,14H2,1-3H3. The fraction of sp³-hybridized carbons (Fsp3) is 0.684. The Morgan fingerprint density at radius 1 is 1.19 bits per heavy atom. The van der Waals surface area contributed by atoms with Gasteiger partial charge in [0.15, 0.2) is 0 Å².